The molecule has 0 radical (unpaired) electrons. The van der Waals surface area contributed by atoms with E-state index in [0.29, 0.717) is 9.35 Å². The van der Waals surface area contributed by atoms with Crippen molar-refractivity contribution in [3.63, 3.8) is 0 Å². The van der Waals surface area contributed by atoms with Crippen molar-refractivity contribution in [3.05, 3.63) is 43.2 Å². The zero-order valence-corrected chi connectivity index (χ0v) is 12.8. The van der Waals surface area contributed by atoms with E-state index < -0.39 is 11.7 Å². The van der Waals surface area contributed by atoms with Gasteiger partial charge in [-0.25, -0.2) is 4.39 Å². The molecule has 0 saturated heterocycles. The van der Waals surface area contributed by atoms with Crippen LogP contribution in [0.2, 0.25) is 0 Å². The lowest BCUT2D eigenvalue weighted by Crippen LogP contribution is -2.14. The number of thiophene rings is 1. The average molecular weight is 394 g/mol. The van der Waals surface area contributed by atoms with Crippen LogP contribution < -0.4 is 11.1 Å². The van der Waals surface area contributed by atoms with E-state index in [1.807, 2.05) is 0 Å². The number of carbonyl (C=O) groups excluding carboxylic acids is 1. The first-order valence-electron chi connectivity index (χ1n) is 4.79. The van der Waals surface area contributed by atoms with Gasteiger partial charge in [-0.1, -0.05) is 6.07 Å². The van der Waals surface area contributed by atoms with Gasteiger partial charge in [0.1, 0.15) is 11.5 Å². The first kappa shape index (κ1) is 13.5. The number of carbonyl (C=O) groups is 1. The Kier molecular flexibility index (Phi) is 4.04. The summed E-state index contributed by atoms with van der Waals surface area (Å²) in [6.45, 7) is 0. The third kappa shape index (κ3) is 2.73. The molecule has 1 aromatic heterocycles. The highest BCUT2D eigenvalue weighted by atomic mass is 79.9. The van der Waals surface area contributed by atoms with E-state index in [1.54, 1.807) is 6.07 Å². The van der Waals surface area contributed by atoms with Crippen LogP contribution >= 0.6 is 43.2 Å². The Hall–Kier alpha value is -0.920. The second kappa shape index (κ2) is 5.38. The van der Waals surface area contributed by atoms with Crippen LogP contribution in [0.1, 0.15) is 10.4 Å². The van der Waals surface area contributed by atoms with Gasteiger partial charge in [0.25, 0.3) is 5.91 Å². The minimum absolute atomic E-state index is 0.00303. The second-order valence-corrected chi connectivity index (χ2v) is 7.15. The molecule has 0 spiro atoms. The predicted molar refractivity (Wildman–Crippen MR) is 78.5 cm³/mol. The Morgan fingerprint density at radius 1 is 1.39 bits per heavy atom. The number of para-hydroxylation sites is 1. The summed E-state index contributed by atoms with van der Waals surface area (Å²) in [6.07, 6.45) is 0. The summed E-state index contributed by atoms with van der Waals surface area (Å²) in [7, 11) is 0. The van der Waals surface area contributed by atoms with E-state index in [9.17, 15) is 9.18 Å². The predicted octanol–water partition coefficient (Wildman–Crippen LogP) is 4.25. The first-order valence-corrected chi connectivity index (χ1v) is 7.19. The highest BCUT2D eigenvalue weighted by Crippen LogP contribution is 2.33. The third-order valence-corrected chi connectivity index (χ3v) is 4.52. The normalized spacial score (nSPS) is 10.4. The number of amides is 1. The van der Waals surface area contributed by atoms with Gasteiger partial charge in [0.05, 0.1) is 18.8 Å². The molecular weight excluding hydrogens is 387 g/mol. The lowest BCUT2D eigenvalue weighted by Gasteiger charge is -2.08. The molecule has 1 aromatic carbocycles. The molecule has 3 N–H and O–H groups in total. The van der Waals surface area contributed by atoms with Crippen LogP contribution in [0.25, 0.3) is 0 Å². The molecule has 0 atom stereocenters. The van der Waals surface area contributed by atoms with Gasteiger partial charge in [-0.05, 0) is 50.1 Å². The third-order valence-electron chi connectivity index (χ3n) is 2.19. The van der Waals surface area contributed by atoms with Gasteiger partial charge in [0.2, 0.25) is 0 Å². The van der Waals surface area contributed by atoms with Crippen LogP contribution in [-0.4, -0.2) is 5.91 Å². The van der Waals surface area contributed by atoms with E-state index in [1.165, 1.54) is 29.5 Å². The van der Waals surface area contributed by atoms with Crippen LogP contribution in [0.3, 0.4) is 0 Å². The molecule has 2 rings (SSSR count). The van der Waals surface area contributed by atoms with Crippen molar-refractivity contribution >= 4 is 60.5 Å². The van der Waals surface area contributed by atoms with Crippen LogP contribution in [0.15, 0.2) is 31.8 Å². The van der Waals surface area contributed by atoms with Crippen molar-refractivity contribution in [2.75, 3.05) is 11.1 Å². The number of nitrogens with two attached hydrogens (primary N) is 1. The van der Waals surface area contributed by atoms with Crippen molar-refractivity contribution in [3.8, 4) is 0 Å². The number of rotatable bonds is 2. The van der Waals surface area contributed by atoms with Crippen LogP contribution in [0.4, 0.5) is 15.8 Å². The fourth-order valence-electron chi connectivity index (χ4n) is 1.35. The Morgan fingerprint density at radius 3 is 2.67 bits per heavy atom. The minimum Gasteiger partial charge on any atom is -0.397 e. The summed E-state index contributed by atoms with van der Waals surface area (Å²) in [6, 6.07) is 5.90. The SMILES string of the molecule is Nc1cccc(F)c1NC(=O)c1cc(Br)sc1Br. The van der Waals surface area contributed by atoms with Gasteiger partial charge >= 0.3 is 0 Å². The van der Waals surface area contributed by atoms with Crippen molar-refractivity contribution < 1.29 is 9.18 Å². The number of nitrogen functional groups attached to an aromatic ring is 1. The lowest BCUT2D eigenvalue weighted by molar-refractivity contribution is 0.102. The fraction of sp³-hybridized carbons (Fsp3) is 0. The van der Waals surface area contributed by atoms with E-state index >= 15 is 0 Å². The molecule has 0 aliphatic carbocycles. The summed E-state index contributed by atoms with van der Waals surface area (Å²) in [5.74, 6) is -0.977. The Balaban J connectivity index is 2.30. The molecule has 2 aromatic rings. The number of nitrogens with one attached hydrogen (secondary N) is 1. The second-order valence-electron chi connectivity index (χ2n) is 3.40. The number of hydrogen-bond donors (Lipinski definition) is 2. The molecule has 0 fully saturated rings. The number of benzene rings is 1. The molecule has 0 bridgehead atoms. The summed E-state index contributed by atoms with van der Waals surface area (Å²) >= 11 is 7.91. The Labute approximate surface area is 123 Å². The van der Waals surface area contributed by atoms with E-state index in [-0.39, 0.29) is 11.4 Å². The topological polar surface area (TPSA) is 55.1 Å². The standard InChI is InChI=1S/C11H7Br2FN2OS/c12-8-4-5(10(13)18-8)11(17)16-9-6(14)2-1-3-7(9)15/h1-4H,15H2,(H,16,17). The zero-order valence-electron chi connectivity index (χ0n) is 8.84. The van der Waals surface area contributed by atoms with E-state index in [4.69, 9.17) is 5.73 Å². The van der Waals surface area contributed by atoms with E-state index in [0.717, 1.165) is 3.79 Å². The van der Waals surface area contributed by atoms with Crippen LogP contribution in [-0.2, 0) is 0 Å². The maximum Gasteiger partial charge on any atom is 0.257 e. The summed E-state index contributed by atoms with van der Waals surface area (Å²) in [5.41, 5.74) is 6.23. The highest BCUT2D eigenvalue weighted by molar-refractivity contribution is 9.12. The molecule has 1 heterocycles. The van der Waals surface area contributed by atoms with Crippen molar-refractivity contribution in [2.24, 2.45) is 0 Å². The van der Waals surface area contributed by atoms with Crippen LogP contribution in [0, 0.1) is 5.82 Å². The first-order chi connectivity index (χ1) is 8.49. The molecule has 3 nitrogen and oxygen atoms in total. The Bertz CT molecular complexity index is 595. The van der Waals surface area contributed by atoms with Crippen molar-refractivity contribution in [2.45, 2.75) is 0 Å². The van der Waals surface area contributed by atoms with Crippen molar-refractivity contribution in [1.29, 1.82) is 0 Å². The number of anilines is 2. The molecule has 7 heteroatoms. The minimum atomic E-state index is -0.561. The quantitative estimate of drug-likeness (QED) is 0.749. The molecule has 0 aliphatic rings. The highest BCUT2D eigenvalue weighted by Gasteiger charge is 2.16. The summed E-state index contributed by atoms with van der Waals surface area (Å²) < 4.78 is 15.0. The zero-order chi connectivity index (χ0) is 13.3. The smallest absolute Gasteiger partial charge is 0.257 e. The Morgan fingerprint density at radius 2 is 2.11 bits per heavy atom. The summed E-state index contributed by atoms with van der Waals surface area (Å²) in [5, 5.41) is 2.47. The lowest BCUT2D eigenvalue weighted by atomic mass is 10.2. The molecular formula is C11H7Br2FN2OS. The van der Waals surface area contributed by atoms with Crippen molar-refractivity contribution in [1.82, 2.24) is 0 Å². The van der Waals surface area contributed by atoms with Gasteiger partial charge in [-0.3, -0.25) is 4.79 Å². The van der Waals surface area contributed by atoms with Gasteiger partial charge in [0, 0.05) is 0 Å². The molecule has 0 aliphatic heterocycles. The molecule has 18 heavy (non-hydrogen) atoms. The average Bonchev–Trinajstić information content (AvgIpc) is 2.63. The largest absolute Gasteiger partial charge is 0.397 e. The monoisotopic (exact) mass is 392 g/mol. The number of hydrogen-bond acceptors (Lipinski definition) is 3. The van der Waals surface area contributed by atoms with Gasteiger partial charge in [-0.15, -0.1) is 11.3 Å². The molecule has 94 valence electrons. The molecule has 0 unspecified atom stereocenters. The fourth-order valence-corrected chi connectivity index (χ4v) is 4.14. The maximum absolute atomic E-state index is 13.5. The maximum atomic E-state index is 13.5. The van der Waals surface area contributed by atoms with Crippen LogP contribution in [0.5, 0.6) is 0 Å². The van der Waals surface area contributed by atoms with Gasteiger partial charge < -0.3 is 11.1 Å². The number of halogens is 3. The molecule has 1 amide bonds. The van der Waals surface area contributed by atoms with Gasteiger partial charge in [0.15, 0.2) is 0 Å². The van der Waals surface area contributed by atoms with E-state index in [2.05, 4.69) is 37.2 Å². The molecule has 0 saturated carbocycles. The summed E-state index contributed by atoms with van der Waals surface area (Å²) in [4.78, 5) is 12.0. The van der Waals surface area contributed by atoms with Gasteiger partial charge in [-0.2, -0.15) is 0 Å².